The fourth-order valence-corrected chi connectivity index (χ4v) is 3.07. The van der Waals surface area contributed by atoms with E-state index >= 15 is 0 Å². The molecule has 1 aliphatic carbocycles. The number of aliphatic hydroxyl groups excluding tert-OH is 1. The standard InChI is InChI=1S/C17H24N2O4/c20-14-5-2-1-4-12(14)11-18-17(21)19-13-6-7-15-16(10-13)23-9-3-8-22-15/h6-7,10,12,14,20H,1-5,8-9,11H2,(H2,18,19,21)/t12-,14-/m1/s1. The first-order valence-electron chi connectivity index (χ1n) is 8.35. The van der Waals surface area contributed by atoms with Crippen LogP contribution in [0.4, 0.5) is 10.5 Å². The molecule has 0 bridgehead atoms. The van der Waals surface area contributed by atoms with Gasteiger partial charge in [0.05, 0.1) is 19.3 Å². The largest absolute Gasteiger partial charge is 0.490 e. The number of hydrogen-bond donors (Lipinski definition) is 3. The van der Waals surface area contributed by atoms with E-state index in [4.69, 9.17) is 9.47 Å². The number of aliphatic hydroxyl groups is 1. The van der Waals surface area contributed by atoms with Gasteiger partial charge in [0, 0.05) is 30.6 Å². The lowest BCUT2D eigenvalue weighted by atomic mass is 9.86. The summed E-state index contributed by atoms with van der Waals surface area (Å²) in [5.74, 6) is 1.51. The van der Waals surface area contributed by atoms with Crippen LogP contribution < -0.4 is 20.1 Å². The molecular formula is C17H24N2O4. The lowest BCUT2D eigenvalue weighted by Gasteiger charge is -2.27. The first-order valence-corrected chi connectivity index (χ1v) is 8.35. The molecule has 2 amide bonds. The van der Waals surface area contributed by atoms with E-state index in [1.54, 1.807) is 18.2 Å². The van der Waals surface area contributed by atoms with Crippen molar-refractivity contribution >= 4 is 11.7 Å². The van der Waals surface area contributed by atoms with Crippen LogP contribution in [0.15, 0.2) is 18.2 Å². The zero-order chi connectivity index (χ0) is 16.1. The summed E-state index contributed by atoms with van der Waals surface area (Å²) in [6, 6.07) is 5.11. The fraction of sp³-hybridized carbons (Fsp3) is 0.588. The van der Waals surface area contributed by atoms with Crippen LogP contribution in [0.1, 0.15) is 32.1 Å². The Morgan fingerprint density at radius 1 is 1.13 bits per heavy atom. The number of anilines is 1. The molecule has 0 saturated heterocycles. The molecule has 2 atom stereocenters. The molecule has 6 nitrogen and oxygen atoms in total. The number of fused-ring (bicyclic) bond motifs is 1. The Hall–Kier alpha value is -1.95. The number of benzene rings is 1. The molecule has 1 fully saturated rings. The van der Waals surface area contributed by atoms with Gasteiger partial charge in [0.1, 0.15) is 0 Å². The first-order chi connectivity index (χ1) is 11.2. The third-order valence-corrected chi connectivity index (χ3v) is 4.40. The van der Waals surface area contributed by atoms with Crippen LogP contribution in [0.2, 0.25) is 0 Å². The molecule has 1 aromatic carbocycles. The summed E-state index contributed by atoms with van der Waals surface area (Å²) in [6.07, 6.45) is 4.53. The van der Waals surface area contributed by atoms with Gasteiger partial charge in [-0.1, -0.05) is 12.8 Å². The van der Waals surface area contributed by atoms with Crippen LogP contribution in [0, 0.1) is 5.92 Å². The quantitative estimate of drug-likeness (QED) is 0.799. The van der Waals surface area contributed by atoms with Crippen LogP contribution >= 0.6 is 0 Å². The van der Waals surface area contributed by atoms with Crippen molar-refractivity contribution in [1.29, 1.82) is 0 Å². The number of carbonyl (C=O) groups excluding carboxylic acids is 1. The van der Waals surface area contributed by atoms with Crippen molar-refractivity contribution in [2.45, 2.75) is 38.2 Å². The summed E-state index contributed by atoms with van der Waals surface area (Å²) in [5.41, 5.74) is 0.663. The molecule has 1 saturated carbocycles. The lowest BCUT2D eigenvalue weighted by Crippen LogP contribution is -2.38. The molecule has 3 rings (SSSR count). The second kappa shape index (κ2) is 7.55. The summed E-state index contributed by atoms with van der Waals surface area (Å²) in [5, 5.41) is 15.6. The molecule has 3 N–H and O–H groups in total. The minimum absolute atomic E-state index is 0.151. The predicted molar refractivity (Wildman–Crippen MR) is 87.0 cm³/mol. The summed E-state index contributed by atoms with van der Waals surface area (Å²) >= 11 is 0. The number of hydrogen-bond acceptors (Lipinski definition) is 4. The minimum atomic E-state index is -0.304. The van der Waals surface area contributed by atoms with E-state index < -0.39 is 0 Å². The van der Waals surface area contributed by atoms with E-state index in [-0.39, 0.29) is 18.1 Å². The van der Waals surface area contributed by atoms with Gasteiger partial charge < -0.3 is 25.2 Å². The highest BCUT2D eigenvalue weighted by molar-refractivity contribution is 5.89. The number of rotatable bonds is 3. The van der Waals surface area contributed by atoms with Crippen molar-refractivity contribution < 1.29 is 19.4 Å². The molecule has 0 spiro atoms. The topological polar surface area (TPSA) is 79.8 Å². The highest BCUT2D eigenvalue weighted by Crippen LogP contribution is 2.32. The molecule has 0 unspecified atom stereocenters. The zero-order valence-electron chi connectivity index (χ0n) is 13.2. The Kier molecular flexibility index (Phi) is 5.23. The molecule has 1 aromatic rings. The van der Waals surface area contributed by atoms with Gasteiger partial charge in [-0.2, -0.15) is 0 Å². The predicted octanol–water partition coefficient (Wildman–Crippen LogP) is 2.52. The Morgan fingerprint density at radius 3 is 2.74 bits per heavy atom. The molecule has 1 aliphatic heterocycles. The van der Waals surface area contributed by atoms with Gasteiger partial charge in [-0.25, -0.2) is 4.79 Å². The van der Waals surface area contributed by atoms with Gasteiger partial charge in [-0.3, -0.25) is 0 Å². The summed E-state index contributed by atoms with van der Waals surface area (Å²) in [4.78, 5) is 12.0. The maximum absolute atomic E-state index is 12.0. The van der Waals surface area contributed by atoms with Gasteiger partial charge >= 0.3 is 6.03 Å². The van der Waals surface area contributed by atoms with Crippen LogP contribution in [0.3, 0.4) is 0 Å². The average Bonchev–Trinajstić information content (AvgIpc) is 2.79. The highest BCUT2D eigenvalue weighted by Gasteiger charge is 2.23. The highest BCUT2D eigenvalue weighted by atomic mass is 16.5. The Morgan fingerprint density at radius 2 is 1.91 bits per heavy atom. The zero-order valence-corrected chi connectivity index (χ0v) is 13.2. The van der Waals surface area contributed by atoms with Crippen molar-refractivity contribution in [2.75, 3.05) is 25.1 Å². The number of urea groups is 1. The van der Waals surface area contributed by atoms with E-state index in [1.807, 2.05) is 0 Å². The number of ether oxygens (including phenoxy) is 2. The van der Waals surface area contributed by atoms with Gasteiger partial charge in [0.2, 0.25) is 0 Å². The SMILES string of the molecule is O=C(NC[C@H]1CCCC[C@H]1O)Nc1ccc2c(c1)OCCCO2. The Bertz CT molecular complexity index is 549. The molecular weight excluding hydrogens is 296 g/mol. The van der Waals surface area contributed by atoms with Gasteiger partial charge in [-0.15, -0.1) is 0 Å². The van der Waals surface area contributed by atoms with Gasteiger partial charge in [-0.05, 0) is 25.0 Å². The monoisotopic (exact) mass is 320 g/mol. The van der Waals surface area contributed by atoms with E-state index in [0.717, 1.165) is 32.1 Å². The fourth-order valence-electron chi connectivity index (χ4n) is 3.07. The molecule has 23 heavy (non-hydrogen) atoms. The Labute approximate surface area is 136 Å². The molecule has 126 valence electrons. The van der Waals surface area contributed by atoms with Crippen molar-refractivity contribution in [2.24, 2.45) is 5.92 Å². The molecule has 2 aliphatic rings. The molecule has 1 heterocycles. The summed E-state index contributed by atoms with van der Waals surface area (Å²) in [7, 11) is 0. The summed E-state index contributed by atoms with van der Waals surface area (Å²) in [6.45, 7) is 1.75. The van der Waals surface area contributed by atoms with Gasteiger partial charge in [0.25, 0.3) is 0 Å². The normalized spacial score (nSPS) is 23.7. The third kappa shape index (κ3) is 4.28. The van der Waals surface area contributed by atoms with Crippen LogP contribution in [-0.4, -0.2) is 37.0 Å². The van der Waals surface area contributed by atoms with Crippen molar-refractivity contribution in [1.82, 2.24) is 5.32 Å². The molecule has 6 heteroatoms. The minimum Gasteiger partial charge on any atom is -0.490 e. The second-order valence-corrected chi connectivity index (χ2v) is 6.16. The van der Waals surface area contributed by atoms with Gasteiger partial charge in [0.15, 0.2) is 11.5 Å². The average molecular weight is 320 g/mol. The van der Waals surface area contributed by atoms with Crippen LogP contribution in [0.5, 0.6) is 11.5 Å². The van der Waals surface area contributed by atoms with Crippen molar-refractivity contribution in [3.05, 3.63) is 18.2 Å². The first kappa shape index (κ1) is 15.9. The molecule has 0 radical (unpaired) electrons. The maximum atomic E-state index is 12.0. The van der Waals surface area contributed by atoms with Crippen molar-refractivity contribution in [3.63, 3.8) is 0 Å². The number of carbonyl (C=O) groups is 1. The van der Waals surface area contributed by atoms with Crippen LogP contribution in [0.25, 0.3) is 0 Å². The number of nitrogens with one attached hydrogen (secondary N) is 2. The van der Waals surface area contributed by atoms with Crippen LogP contribution in [-0.2, 0) is 0 Å². The van der Waals surface area contributed by atoms with E-state index in [2.05, 4.69) is 10.6 Å². The second-order valence-electron chi connectivity index (χ2n) is 6.16. The molecule has 0 aromatic heterocycles. The smallest absolute Gasteiger partial charge is 0.319 e. The Balaban J connectivity index is 1.52. The maximum Gasteiger partial charge on any atom is 0.319 e. The van der Waals surface area contributed by atoms with E-state index in [9.17, 15) is 9.90 Å². The van der Waals surface area contributed by atoms with E-state index in [1.165, 1.54) is 0 Å². The van der Waals surface area contributed by atoms with Crippen molar-refractivity contribution in [3.8, 4) is 11.5 Å². The number of amides is 2. The third-order valence-electron chi connectivity index (χ3n) is 4.40. The van der Waals surface area contributed by atoms with E-state index in [0.29, 0.717) is 36.9 Å². The summed E-state index contributed by atoms with van der Waals surface area (Å²) < 4.78 is 11.2. The lowest BCUT2D eigenvalue weighted by molar-refractivity contribution is 0.0712.